The Morgan fingerprint density at radius 3 is 2.13 bits per heavy atom. The molecule has 0 aliphatic carbocycles. The number of nitrogens with zero attached hydrogens (tertiary/aromatic N) is 2. The number of benzene rings is 1. The van der Waals surface area contributed by atoms with Gasteiger partial charge < -0.3 is 19.1 Å². The SMILES string of the molecule is CC(C)(C)OC(=O)N1C2COCC1CC(C(=O)c1ccc(N3CCOCC3)cc1)C2. The van der Waals surface area contributed by atoms with Crippen LogP contribution in [0.15, 0.2) is 24.3 Å². The molecule has 0 N–H and O–H groups in total. The van der Waals surface area contributed by atoms with Gasteiger partial charge in [0.05, 0.1) is 38.5 Å². The van der Waals surface area contributed by atoms with Gasteiger partial charge in [-0.05, 0) is 57.9 Å². The molecule has 3 heterocycles. The minimum atomic E-state index is -0.541. The number of carbonyl (C=O) groups excluding carboxylic acids is 2. The maximum absolute atomic E-state index is 13.2. The molecule has 7 heteroatoms. The third kappa shape index (κ3) is 4.62. The first-order valence-electron chi connectivity index (χ1n) is 10.9. The monoisotopic (exact) mass is 416 g/mol. The first-order valence-corrected chi connectivity index (χ1v) is 10.9. The summed E-state index contributed by atoms with van der Waals surface area (Å²) in [5.74, 6) is 0.0566. The Hall–Kier alpha value is -2.12. The fourth-order valence-electron chi connectivity index (χ4n) is 4.64. The molecule has 1 amide bonds. The van der Waals surface area contributed by atoms with Gasteiger partial charge in [0.15, 0.2) is 5.78 Å². The fraction of sp³-hybridized carbons (Fsp3) is 0.652. The van der Waals surface area contributed by atoms with E-state index >= 15 is 0 Å². The van der Waals surface area contributed by atoms with Crippen LogP contribution in [0, 0.1) is 5.92 Å². The van der Waals surface area contributed by atoms with E-state index < -0.39 is 5.60 Å². The average molecular weight is 417 g/mol. The van der Waals surface area contributed by atoms with E-state index in [9.17, 15) is 9.59 Å². The number of anilines is 1. The van der Waals surface area contributed by atoms with Crippen LogP contribution in [-0.2, 0) is 14.2 Å². The van der Waals surface area contributed by atoms with Gasteiger partial charge in [-0.15, -0.1) is 0 Å². The summed E-state index contributed by atoms with van der Waals surface area (Å²) in [6.07, 6.45) is 0.918. The van der Waals surface area contributed by atoms with Crippen molar-refractivity contribution >= 4 is 17.6 Å². The molecule has 0 spiro atoms. The Labute approximate surface area is 178 Å². The van der Waals surface area contributed by atoms with Gasteiger partial charge in [-0.3, -0.25) is 9.69 Å². The number of ketones is 1. The summed E-state index contributed by atoms with van der Waals surface area (Å²) in [6, 6.07) is 7.68. The number of amides is 1. The lowest BCUT2D eigenvalue weighted by molar-refractivity contribution is -0.0861. The first-order chi connectivity index (χ1) is 14.3. The molecule has 3 fully saturated rings. The summed E-state index contributed by atoms with van der Waals surface area (Å²) in [4.78, 5) is 30.0. The van der Waals surface area contributed by atoms with Gasteiger partial charge in [0.25, 0.3) is 0 Å². The zero-order valence-electron chi connectivity index (χ0n) is 18.1. The molecule has 0 aromatic heterocycles. The minimum Gasteiger partial charge on any atom is -0.444 e. The highest BCUT2D eigenvalue weighted by Gasteiger charge is 2.45. The second kappa shape index (κ2) is 8.55. The standard InChI is InChI=1S/C23H32N2O5/c1-23(2,3)30-22(27)25-19-12-17(13-20(25)15-29-14-19)21(26)16-4-6-18(7-5-16)24-8-10-28-11-9-24/h4-7,17,19-20H,8-15H2,1-3H3. The van der Waals surface area contributed by atoms with Crippen LogP contribution in [0.3, 0.4) is 0 Å². The zero-order chi connectivity index (χ0) is 21.3. The summed E-state index contributed by atoms with van der Waals surface area (Å²) in [6.45, 7) is 9.74. The van der Waals surface area contributed by atoms with E-state index in [-0.39, 0.29) is 29.9 Å². The van der Waals surface area contributed by atoms with E-state index in [0.717, 1.165) is 37.6 Å². The minimum absolute atomic E-state index is 0.100. The van der Waals surface area contributed by atoms with Crippen molar-refractivity contribution in [3.63, 3.8) is 0 Å². The number of morpholine rings is 2. The Kier molecular flexibility index (Phi) is 6.02. The summed E-state index contributed by atoms with van der Waals surface area (Å²) >= 11 is 0. The molecule has 3 aliphatic rings. The van der Waals surface area contributed by atoms with E-state index in [1.807, 2.05) is 45.0 Å². The number of carbonyl (C=O) groups is 2. The van der Waals surface area contributed by atoms with Gasteiger partial charge in [-0.2, -0.15) is 0 Å². The van der Waals surface area contributed by atoms with Gasteiger partial charge in [0.2, 0.25) is 0 Å². The number of rotatable bonds is 3. The van der Waals surface area contributed by atoms with Crippen molar-refractivity contribution in [1.82, 2.24) is 4.90 Å². The summed E-state index contributed by atoms with van der Waals surface area (Å²) in [7, 11) is 0. The van der Waals surface area contributed by atoms with Crippen molar-refractivity contribution in [2.45, 2.75) is 51.3 Å². The average Bonchev–Trinajstić information content (AvgIpc) is 2.72. The second-order valence-corrected chi connectivity index (χ2v) is 9.41. The molecule has 30 heavy (non-hydrogen) atoms. The van der Waals surface area contributed by atoms with Crippen LogP contribution in [0.25, 0.3) is 0 Å². The summed E-state index contributed by atoms with van der Waals surface area (Å²) in [5, 5.41) is 0. The molecule has 4 rings (SSSR count). The fourth-order valence-corrected chi connectivity index (χ4v) is 4.64. The number of piperidine rings is 1. The number of hydrogen-bond acceptors (Lipinski definition) is 6. The molecule has 7 nitrogen and oxygen atoms in total. The third-order valence-electron chi connectivity index (χ3n) is 6.02. The summed E-state index contributed by atoms with van der Waals surface area (Å²) in [5.41, 5.74) is 1.32. The van der Waals surface area contributed by atoms with Crippen LogP contribution in [-0.4, -0.2) is 74.0 Å². The van der Waals surface area contributed by atoms with E-state index in [2.05, 4.69) is 4.90 Å². The zero-order valence-corrected chi connectivity index (χ0v) is 18.1. The van der Waals surface area contributed by atoms with Gasteiger partial charge in [0.1, 0.15) is 5.60 Å². The van der Waals surface area contributed by atoms with Gasteiger partial charge in [0, 0.05) is 30.3 Å². The normalized spacial score (nSPS) is 27.0. The second-order valence-electron chi connectivity index (χ2n) is 9.41. The molecule has 1 aromatic carbocycles. The van der Waals surface area contributed by atoms with Crippen molar-refractivity contribution < 1.29 is 23.8 Å². The molecule has 164 valence electrons. The highest BCUT2D eigenvalue weighted by molar-refractivity contribution is 5.98. The van der Waals surface area contributed by atoms with E-state index in [0.29, 0.717) is 26.1 Å². The highest BCUT2D eigenvalue weighted by Crippen LogP contribution is 2.35. The first kappa shape index (κ1) is 21.1. The molecular weight excluding hydrogens is 384 g/mol. The number of fused-ring (bicyclic) bond motifs is 2. The molecular formula is C23H32N2O5. The van der Waals surface area contributed by atoms with Crippen LogP contribution in [0.4, 0.5) is 10.5 Å². The molecule has 2 atom stereocenters. The predicted octanol–water partition coefficient (Wildman–Crippen LogP) is 3.12. The topological polar surface area (TPSA) is 68.3 Å². The van der Waals surface area contributed by atoms with Crippen LogP contribution < -0.4 is 4.90 Å². The Morgan fingerprint density at radius 1 is 0.967 bits per heavy atom. The Morgan fingerprint density at radius 2 is 1.57 bits per heavy atom. The van der Waals surface area contributed by atoms with Crippen molar-refractivity contribution in [2.24, 2.45) is 5.92 Å². The van der Waals surface area contributed by atoms with Crippen molar-refractivity contribution in [1.29, 1.82) is 0 Å². The highest BCUT2D eigenvalue weighted by atomic mass is 16.6. The van der Waals surface area contributed by atoms with Crippen LogP contribution in [0.2, 0.25) is 0 Å². The van der Waals surface area contributed by atoms with Gasteiger partial charge in [-0.1, -0.05) is 0 Å². The van der Waals surface area contributed by atoms with E-state index in [1.54, 1.807) is 4.90 Å². The van der Waals surface area contributed by atoms with Crippen molar-refractivity contribution in [2.75, 3.05) is 44.4 Å². The summed E-state index contributed by atoms with van der Waals surface area (Å²) < 4.78 is 16.7. The van der Waals surface area contributed by atoms with Crippen LogP contribution >= 0.6 is 0 Å². The van der Waals surface area contributed by atoms with Crippen LogP contribution in [0.1, 0.15) is 44.0 Å². The maximum atomic E-state index is 13.2. The quantitative estimate of drug-likeness (QED) is 0.706. The van der Waals surface area contributed by atoms with E-state index in [4.69, 9.17) is 14.2 Å². The third-order valence-corrected chi connectivity index (χ3v) is 6.02. The largest absolute Gasteiger partial charge is 0.444 e. The van der Waals surface area contributed by atoms with Crippen molar-refractivity contribution in [3.8, 4) is 0 Å². The predicted molar refractivity (Wildman–Crippen MR) is 113 cm³/mol. The maximum Gasteiger partial charge on any atom is 0.410 e. The number of hydrogen-bond donors (Lipinski definition) is 0. The van der Waals surface area contributed by atoms with Crippen LogP contribution in [0.5, 0.6) is 0 Å². The number of Topliss-reactive ketones (excluding diaryl/α,β-unsaturated/α-hetero) is 1. The molecule has 0 radical (unpaired) electrons. The Bertz CT molecular complexity index is 753. The molecule has 1 aromatic rings. The lowest BCUT2D eigenvalue weighted by atomic mass is 9.81. The lowest BCUT2D eigenvalue weighted by Gasteiger charge is -2.47. The molecule has 3 aliphatic heterocycles. The van der Waals surface area contributed by atoms with Gasteiger partial charge in [-0.25, -0.2) is 4.79 Å². The molecule has 3 saturated heterocycles. The van der Waals surface area contributed by atoms with Gasteiger partial charge >= 0.3 is 6.09 Å². The van der Waals surface area contributed by atoms with E-state index in [1.165, 1.54) is 0 Å². The number of ether oxygens (including phenoxy) is 3. The molecule has 2 unspecified atom stereocenters. The van der Waals surface area contributed by atoms with Crippen molar-refractivity contribution in [3.05, 3.63) is 29.8 Å². The smallest absolute Gasteiger partial charge is 0.410 e. The molecule has 2 bridgehead atoms. The Balaban J connectivity index is 1.43. The lowest BCUT2D eigenvalue weighted by Crippen LogP contribution is -2.60. The molecule has 0 saturated carbocycles.